The molecule has 1 aliphatic rings. The molecular weight excluding hydrogens is 370 g/mol. The number of anilines is 1. The zero-order valence-electron chi connectivity index (χ0n) is 15.5. The van der Waals surface area contributed by atoms with E-state index in [0.29, 0.717) is 6.54 Å². The Labute approximate surface area is 167 Å². The van der Waals surface area contributed by atoms with Crippen LogP contribution in [0.3, 0.4) is 0 Å². The van der Waals surface area contributed by atoms with Crippen molar-refractivity contribution in [1.82, 2.24) is 30.1 Å². The fourth-order valence-corrected chi connectivity index (χ4v) is 4.53. The molecule has 1 fully saturated rings. The van der Waals surface area contributed by atoms with Crippen LogP contribution in [-0.4, -0.2) is 56.3 Å². The van der Waals surface area contributed by atoms with Gasteiger partial charge in [0.05, 0.1) is 23.3 Å². The summed E-state index contributed by atoms with van der Waals surface area (Å²) in [5.74, 6) is 0.914. The van der Waals surface area contributed by atoms with Gasteiger partial charge >= 0.3 is 0 Å². The molecular formula is C20H21N7S. The minimum absolute atomic E-state index is 0.703. The second kappa shape index (κ2) is 7.65. The van der Waals surface area contributed by atoms with Gasteiger partial charge in [-0.2, -0.15) is 0 Å². The smallest absolute Gasteiger partial charge is 0.186 e. The minimum atomic E-state index is 0.703. The van der Waals surface area contributed by atoms with Crippen molar-refractivity contribution in [2.24, 2.45) is 0 Å². The lowest BCUT2D eigenvalue weighted by molar-refractivity contribution is 0.240. The molecule has 0 spiro atoms. The zero-order chi connectivity index (χ0) is 18.8. The molecule has 4 aromatic rings. The quantitative estimate of drug-likeness (QED) is 0.521. The Morgan fingerprint density at radius 1 is 0.857 bits per heavy atom. The fourth-order valence-electron chi connectivity index (χ4n) is 3.51. The van der Waals surface area contributed by atoms with Gasteiger partial charge in [0.25, 0.3) is 0 Å². The van der Waals surface area contributed by atoms with Crippen molar-refractivity contribution in [3.63, 3.8) is 0 Å². The highest BCUT2D eigenvalue weighted by Crippen LogP contribution is 2.29. The van der Waals surface area contributed by atoms with Crippen molar-refractivity contribution < 1.29 is 0 Å². The third-order valence-electron chi connectivity index (χ3n) is 5.07. The Bertz CT molecular complexity index is 1020. The number of para-hydroxylation sites is 1. The highest BCUT2D eigenvalue weighted by molar-refractivity contribution is 7.22. The Balaban J connectivity index is 1.21. The van der Waals surface area contributed by atoms with Gasteiger partial charge in [-0.3, -0.25) is 4.90 Å². The first-order valence-electron chi connectivity index (χ1n) is 9.47. The Kier molecular flexibility index (Phi) is 4.72. The van der Waals surface area contributed by atoms with Crippen molar-refractivity contribution >= 4 is 26.7 Å². The molecule has 3 heterocycles. The number of tetrazole rings is 1. The van der Waals surface area contributed by atoms with Crippen LogP contribution in [0.4, 0.5) is 5.13 Å². The van der Waals surface area contributed by atoms with Crippen molar-refractivity contribution in [2.45, 2.75) is 13.1 Å². The van der Waals surface area contributed by atoms with Gasteiger partial charge in [0.2, 0.25) is 0 Å². The molecule has 7 nitrogen and oxygen atoms in total. The third-order valence-corrected chi connectivity index (χ3v) is 6.17. The standard InChI is InChI=1S/C20H21N7S/c1-2-6-16(7-3-1)14-27-19(22-23-24-27)15-25-10-12-26(13-11-25)20-21-17-8-4-5-9-18(17)28-20/h1-9H,10-15H2. The molecule has 5 rings (SSSR count). The molecule has 2 aromatic carbocycles. The highest BCUT2D eigenvalue weighted by Gasteiger charge is 2.21. The topological polar surface area (TPSA) is 63.0 Å². The number of benzene rings is 2. The summed E-state index contributed by atoms with van der Waals surface area (Å²) in [7, 11) is 0. The third kappa shape index (κ3) is 3.61. The summed E-state index contributed by atoms with van der Waals surface area (Å²) in [6.45, 7) is 5.38. The van der Waals surface area contributed by atoms with Crippen LogP contribution in [0.25, 0.3) is 10.2 Å². The average molecular weight is 392 g/mol. The van der Waals surface area contributed by atoms with E-state index in [1.54, 1.807) is 11.3 Å². The molecule has 0 atom stereocenters. The van der Waals surface area contributed by atoms with E-state index in [2.05, 4.69) is 55.7 Å². The first-order valence-corrected chi connectivity index (χ1v) is 10.3. The van der Waals surface area contributed by atoms with Gasteiger partial charge in [-0.05, 0) is 28.1 Å². The van der Waals surface area contributed by atoms with Gasteiger partial charge in [-0.1, -0.05) is 53.8 Å². The molecule has 142 valence electrons. The fraction of sp³-hybridized carbons (Fsp3) is 0.300. The molecule has 0 unspecified atom stereocenters. The minimum Gasteiger partial charge on any atom is -0.345 e. The van der Waals surface area contributed by atoms with Gasteiger partial charge in [-0.15, -0.1) is 5.10 Å². The largest absolute Gasteiger partial charge is 0.345 e. The van der Waals surface area contributed by atoms with Gasteiger partial charge in [0, 0.05) is 26.2 Å². The zero-order valence-corrected chi connectivity index (χ0v) is 16.3. The van der Waals surface area contributed by atoms with E-state index in [0.717, 1.165) is 49.2 Å². The van der Waals surface area contributed by atoms with Crippen molar-refractivity contribution in [1.29, 1.82) is 0 Å². The number of hydrogen-bond donors (Lipinski definition) is 0. The second-order valence-electron chi connectivity index (χ2n) is 6.97. The summed E-state index contributed by atoms with van der Waals surface area (Å²) in [6, 6.07) is 18.6. The summed E-state index contributed by atoms with van der Waals surface area (Å²) in [5.41, 5.74) is 2.29. The summed E-state index contributed by atoms with van der Waals surface area (Å²) in [4.78, 5) is 9.58. The first-order chi connectivity index (χ1) is 13.8. The molecule has 0 N–H and O–H groups in total. The first kappa shape index (κ1) is 17.3. The Morgan fingerprint density at radius 2 is 1.64 bits per heavy atom. The van der Waals surface area contributed by atoms with Gasteiger partial charge in [0.15, 0.2) is 11.0 Å². The highest BCUT2D eigenvalue weighted by atomic mass is 32.1. The molecule has 8 heteroatoms. The van der Waals surface area contributed by atoms with Crippen LogP contribution >= 0.6 is 11.3 Å². The number of nitrogens with zero attached hydrogens (tertiary/aromatic N) is 7. The van der Waals surface area contributed by atoms with Crippen molar-refractivity contribution in [3.05, 3.63) is 66.0 Å². The number of hydrogen-bond acceptors (Lipinski definition) is 7. The number of thiazole rings is 1. The van der Waals surface area contributed by atoms with E-state index in [9.17, 15) is 0 Å². The van der Waals surface area contributed by atoms with E-state index < -0.39 is 0 Å². The molecule has 28 heavy (non-hydrogen) atoms. The van der Waals surface area contributed by atoms with Gasteiger partial charge < -0.3 is 4.90 Å². The van der Waals surface area contributed by atoms with Gasteiger partial charge in [0.1, 0.15) is 0 Å². The normalized spacial score (nSPS) is 15.4. The second-order valence-corrected chi connectivity index (χ2v) is 7.97. The molecule has 0 amide bonds. The maximum Gasteiger partial charge on any atom is 0.186 e. The summed E-state index contributed by atoms with van der Waals surface area (Å²) >= 11 is 1.77. The number of rotatable bonds is 5. The number of piperazine rings is 1. The van der Waals surface area contributed by atoms with Gasteiger partial charge in [-0.25, -0.2) is 9.67 Å². The summed E-state index contributed by atoms with van der Waals surface area (Å²) in [6.07, 6.45) is 0. The molecule has 0 aliphatic carbocycles. The van der Waals surface area contributed by atoms with Crippen LogP contribution < -0.4 is 4.90 Å². The van der Waals surface area contributed by atoms with Crippen LogP contribution in [0, 0.1) is 0 Å². The van der Waals surface area contributed by atoms with Crippen LogP contribution in [0.5, 0.6) is 0 Å². The SMILES string of the molecule is c1ccc(Cn2nnnc2CN2CCN(c3nc4ccccc4s3)CC2)cc1. The molecule has 2 aromatic heterocycles. The number of fused-ring (bicyclic) bond motifs is 1. The monoisotopic (exact) mass is 391 g/mol. The predicted molar refractivity (Wildman–Crippen MR) is 110 cm³/mol. The van der Waals surface area contributed by atoms with Crippen LogP contribution in [0.2, 0.25) is 0 Å². The van der Waals surface area contributed by atoms with E-state index in [4.69, 9.17) is 4.98 Å². The van der Waals surface area contributed by atoms with Crippen LogP contribution in [0.15, 0.2) is 54.6 Å². The van der Waals surface area contributed by atoms with E-state index in [1.165, 1.54) is 10.3 Å². The molecule has 0 bridgehead atoms. The lowest BCUT2D eigenvalue weighted by Gasteiger charge is -2.34. The molecule has 0 saturated carbocycles. The molecule has 1 aliphatic heterocycles. The van der Waals surface area contributed by atoms with Crippen LogP contribution in [-0.2, 0) is 13.1 Å². The summed E-state index contributed by atoms with van der Waals surface area (Å²) < 4.78 is 3.15. The van der Waals surface area contributed by atoms with E-state index in [1.807, 2.05) is 28.9 Å². The summed E-state index contributed by atoms with van der Waals surface area (Å²) in [5, 5.41) is 13.4. The molecule has 1 saturated heterocycles. The lowest BCUT2D eigenvalue weighted by atomic mass is 10.2. The lowest BCUT2D eigenvalue weighted by Crippen LogP contribution is -2.46. The van der Waals surface area contributed by atoms with Crippen molar-refractivity contribution in [2.75, 3.05) is 31.1 Å². The maximum atomic E-state index is 4.79. The average Bonchev–Trinajstić information content (AvgIpc) is 3.36. The van der Waals surface area contributed by atoms with E-state index in [-0.39, 0.29) is 0 Å². The molecule has 0 radical (unpaired) electrons. The van der Waals surface area contributed by atoms with E-state index >= 15 is 0 Å². The Hall–Kier alpha value is -2.84. The van der Waals surface area contributed by atoms with Crippen LogP contribution in [0.1, 0.15) is 11.4 Å². The van der Waals surface area contributed by atoms with Crippen molar-refractivity contribution in [3.8, 4) is 0 Å². The Morgan fingerprint density at radius 3 is 2.46 bits per heavy atom. The number of aromatic nitrogens is 5. The predicted octanol–water partition coefficient (Wildman–Crippen LogP) is 2.65. The maximum absolute atomic E-state index is 4.79.